The highest BCUT2D eigenvalue weighted by atomic mass is 35.5. The van der Waals surface area contributed by atoms with Gasteiger partial charge in [-0.2, -0.15) is 0 Å². The topological polar surface area (TPSA) is 99.4 Å². The molecule has 128 valence electrons. The highest BCUT2D eigenvalue weighted by Gasteiger charge is 2.42. The van der Waals surface area contributed by atoms with Crippen molar-refractivity contribution in [3.63, 3.8) is 0 Å². The Morgan fingerprint density at radius 3 is 2.79 bits per heavy atom. The summed E-state index contributed by atoms with van der Waals surface area (Å²) in [6.07, 6.45) is -3.55. The van der Waals surface area contributed by atoms with Crippen LogP contribution >= 0.6 is 11.6 Å². The number of ether oxygens (including phenoxy) is 2. The van der Waals surface area contributed by atoms with Crippen molar-refractivity contribution in [2.24, 2.45) is 5.73 Å². The van der Waals surface area contributed by atoms with Crippen LogP contribution in [0.15, 0.2) is 18.2 Å². The number of nitrogens with one attached hydrogen (secondary N) is 1. The second-order valence-corrected chi connectivity index (χ2v) is 5.71. The van der Waals surface area contributed by atoms with E-state index in [2.05, 4.69) is 15.3 Å². The molecule has 0 aliphatic carbocycles. The number of nitrogens with two attached hydrogens (primary N) is 1. The molecule has 2 heterocycles. The van der Waals surface area contributed by atoms with E-state index in [9.17, 15) is 13.6 Å². The zero-order chi connectivity index (χ0) is 17.3. The van der Waals surface area contributed by atoms with Crippen molar-refractivity contribution >= 4 is 34.4 Å². The van der Waals surface area contributed by atoms with Gasteiger partial charge >= 0.3 is 6.09 Å². The van der Waals surface area contributed by atoms with Gasteiger partial charge in [0.25, 0.3) is 6.43 Å². The Balaban J connectivity index is 1.90. The first kappa shape index (κ1) is 16.6. The molecule has 1 aromatic carbocycles. The Kier molecular flexibility index (Phi) is 4.37. The molecule has 0 spiro atoms. The van der Waals surface area contributed by atoms with Gasteiger partial charge in [0.05, 0.1) is 25.3 Å². The average molecular weight is 359 g/mol. The zero-order valence-electron chi connectivity index (χ0n) is 12.3. The van der Waals surface area contributed by atoms with E-state index in [-0.39, 0.29) is 36.4 Å². The van der Waals surface area contributed by atoms with Crippen LogP contribution in [0.2, 0.25) is 5.28 Å². The van der Waals surface area contributed by atoms with E-state index < -0.39 is 18.1 Å². The van der Waals surface area contributed by atoms with Crippen molar-refractivity contribution < 1.29 is 23.0 Å². The molecule has 7 nitrogen and oxygen atoms in total. The van der Waals surface area contributed by atoms with E-state index in [0.717, 1.165) is 0 Å². The molecule has 1 aliphatic heterocycles. The second-order valence-electron chi connectivity index (χ2n) is 5.37. The molecular formula is C14H13ClF2N4O3. The van der Waals surface area contributed by atoms with Gasteiger partial charge in [-0.3, -0.25) is 0 Å². The summed E-state index contributed by atoms with van der Waals surface area (Å²) in [7, 11) is 0. The number of hydrogen-bond acceptors (Lipinski definition) is 6. The highest BCUT2D eigenvalue weighted by molar-refractivity contribution is 6.28. The van der Waals surface area contributed by atoms with E-state index in [1.807, 2.05) is 0 Å². The lowest BCUT2D eigenvalue weighted by Crippen LogP contribution is -2.58. The average Bonchev–Trinajstić information content (AvgIpc) is 2.48. The highest BCUT2D eigenvalue weighted by Crippen LogP contribution is 2.29. The summed E-state index contributed by atoms with van der Waals surface area (Å²) in [6, 6.07) is 4.01. The van der Waals surface area contributed by atoms with Crippen molar-refractivity contribution in [2.75, 3.05) is 25.1 Å². The molecule has 1 amide bonds. The molecule has 0 bridgehead atoms. The van der Waals surface area contributed by atoms with Gasteiger partial charge in [0.1, 0.15) is 5.82 Å². The van der Waals surface area contributed by atoms with Crippen LogP contribution in [0.4, 0.5) is 19.4 Å². The van der Waals surface area contributed by atoms with Crippen molar-refractivity contribution in [2.45, 2.75) is 12.0 Å². The molecule has 0 unspecified atom stereocenters. The Morgan fingerprint density at radius 2 is 2.21 bits per heavy atom. The molecule has 0 atom stereocenters. The Bertz CT molecular complexity index is 786. The number of benzene rings is 1. The molecule has 10 heteroatoms. The van der Waals surface area contributed by atoms with Gasteiger partial charge in [-0.15, -0.1) is 0 Å². The lowest BCUT2D eigenvalue weighted by Gasteiger charge is -2.39. The van der Waals surface area contributed by atoms with Gasteiger partial charge in [-0.25, -0.2) is 23.5 Å². The van der Waals surface area contributed by atoms with Crippen LogP contribution in [0.5, 0.6) is 0 Å². The summed E-state index contributed by atoms with van der Waals surface area (Å²) < 4.78 is 35.9. The molecule has 2 aromatic rings. The number of nitrogens with zero attached hydrogens (tertiary/aromatic N) is 2. The molecule has 3 N–H and O–H groups in total. The maximum Gasteiger partial charge on any atom is 0.405 e. The lowest BCUT2D eigenvalue weighted by atomic mass is 10.0. The SMILES string of the molecule is NC(=O)OC1(CNc2nc(Cl)nc3ccc(C(F)F)cc23)COC1. The summed E-state index contributed by atoms with van der Waals surface area (Å²) in [4.78, 5) is 19.0. The molecule has 3 rings (SSSR count). The van der Waals surface area contributed by atoms with Crippen molar-refractivity contribution in [1.29, 1.82) is 0 Å². The molecule has 0 saturated carbocycles. The predicted molar refractivity (Wildman–Crippen MR) is 82.2 cm³/mol. The minimum Gasteiger partial charge on any atom is -0.436 e. The number of amides is 1. The maximum absolute atomic E-state index is 12.9. The first-order valence-electron chi connectivity index (χ1n) is 6.94. The van der Waals surface area contributed by atoms with E-state index in [1.165, 1.54) is 18.2 Å². The van der Waals surface area contributed by atoms with Gasteiger partial charge in [0.2, 0.25) is 5.28 Å². The summed E-state index contributed by atoms with van der Waals surface area (Å²) in [5.41, 5.74) is 4.38. The van der Waals surface area contributed by atoms with Gasteiger partial charge in [0.15, 0.2) is 5.60 Å². The van der Waals surface area contributed by atoms with Crippen LogP contribution in [0.3, 0.4) is 0 Å². The van der Waals surface area contributed by atoms with Crippen LogP contribution < -0.4 is 11.1 Å². The first-order chi connectivity index (χ1) is 11.4. The molecule has 1 fully saturated rings. The fraction of sp³-hybridized carbons (Fsp3) is 0.357. The van der Waals surface area contributed by atoms with Gasteiger partial charge < -0.3 is 20.5 Å². The Morgan fingerprint density at radius 1 is 1.46 bits per heavy atom. The van der Waals surface area contributed by atoms with Crippen LogP contribution in [0, 0.1) is 0 Å². The number of rotatable bonds is 5. The quantitative estimate of drug-likeness (QED) is 0.797. The second kappa shape index (κ2) is 6.33. The standard InChI is InChI=1S/C14H13ClF2N4O3/c15-12-20-9-2-1-7(10(16)17)3-8(9)11(21-12)19-4-14(5-23-6-14)24-13(18)22/h1-3,10H,4-6H2,(H2,18,22)(H,19,20,21). The number of primary amides is 1. The van der Waals surface area contributed by atoms with Crippen LogP contribution in [0.25, 0.3) is 10.9 Å². The number of hydrogen-bond donors (Lipinski definition) is 2. The van der Waals surface area contributed by atoms with E-state index in [1.54, 1.807) is 0 Å². The molecule has 1 saturated heterocycles. The number of halogens is 3. The fourth-order valence-electron chi connectivity index (χ4n) is 2.37. The number of aromatic nitrogens is 2. The molecular weight excluding hydrogens is 346 g/mol. The predicted octanol–water partition coefficient (Wildman–Crippen LogP) is 2.50. The smallest absolute Gasteiger partial charge is 0.405 e. The summed E-state index contributed by atoms with van der Waals surface area (Å²) in [5, 5.41) is 3.29. The molecule has 1 aromatic heterocycles. The van der Waals surface area contributed by atoms with Crippen molar-refractivity contribution in [3.8, 4) is 0 Å². The number of fused-ring (bicyclic) bond motifs is 1. The number of alkyl halides is 2. The van der Waals surface area contributed by atoms with Crippen LogP contribution in [0.1, 0.15) is 12.0 Å². The number of anilines is 1. The van der Waals surface area contributed by atoms with Gasteiger partial charge in [-0.05, 0) is 23.7 Å². The minimum atomic E-state index is -2.62. The van der Waals surface area contributed by atoms with E-state index in [4.69, 9.17) is 26.8 Å². The fourth-order valence-corrected chi connectivity index (χ4v) is 2.55. The number of carbonyl (C=O) groups excluding carboxylic acids is 1. The monoisotopic (exact) mass is 358 g/mol. The first-order valence-corrected chi connectivity index (χ1v) is 7.32. The van der Waals surface area contributed by atoms with Crippen molar-refractivity contribution in [3.05, 3.63) is 29.0 Å². The third-order valence-electron chi connectivity index (χ3n) is 3.57. The van der Waals surface area contributed by atoms with Gasteiger partial charge in [0, 0.05) is 10.9 Å². The molecule has 0 radical (unpaired) electrons. The Labute approximate surface area is 140 Å². The van der Waals surface area contributed by atoms with Gasteiger partial charge in [-0.1, -0.05) is 6.07 Å². The summed E-state index contributed by atoms with van der Waals surface area (Å²) in [6.45, 7) is 0.473. The third kappa shape index (κ3) is 3.31. The zero-order valence-corrected chi connectivity index (χ0v) is 13.0. The largest absolute Gasteiger partial charge is 0.436 e. The summed E-state index contributed by atoms with van der Waals surface area (Å²) in [5.74, 6) is 0.256. The normalized spacial score (nSPS) is 16.0. The van der Waals surface area contributed by atoms with Crippen LogP contribution in [-0.2, 0) is 9.47 Å². The molecule has 24 heavy (non-hydrogen) atoms. The summed E-state index contributed by atoms with van der Waals surface area (Å²) >= 11 is 5.87. The maximum atomic E-state index is 12.9. The third-order valence-corrected chi connectivity index (χ3v) is 3.74. The van der Waals surface area contributed by atoms with E-state index >= 15 is 0 Å². The van der Waals surface area contributed by atoms with E-state index in [0.29, 0.717) is 10.9 Å². The minimum absolute atomic E-state index is 0.0375. The Hall–Kier alpha value is -2.26. The van der Waals surface area contributed by atoms with Crippen molar-refractivity contribution in [1.82, 2.24) is 9.97 Å². The lowest BCUT2D eigenvalue weighted by molar-refractivity contribution is -0.168. The number of carbonyl (C=O) groups is 1. The molecule has 1 aliphatic rings. The van der Waals surface area contributed by atoms with Crippen LogP contribution in [-0.4, -0.2) is 41.4 Å².